The second-order valence-electron chi connectivity index (χ2n) is 6.21. The Morgan fingerprint density at radius 1 is 1.22 bits per heavy atom. The van der Waals surface area contributed by atoms with Gasteiger partial charge in [-0.15, -0.1) is 0 Å². The average molecular weight is 339 g/mol. The highest BCUT2D eigenvalue weighted by Gasteiger charge is 2.40. The lowest BCUT2D eigenvalue weighted by Gasteiger charge is -2.38. The molecule has 0 spiro atoms. The molecule has 2 aliphatic rings. The van der Waals surface area contributed by atoms with E-state index in [2.05, 4.69) is 0 Å². The summed E-state index contributed by atoms with van der Waals surface area (Å²) in [5.41, 5.74) is -1.35. The van der Waals surface area contributed by atoms with Crippen molar-refractivity contribution in [1.82, 2.24) is 0 Å². The van der Waals surface area contributed by atoms with Crippen LogP contribution in [0.3, 0.4) is 0 Å². The van der Waals surface area contributed by atoms with Crippen molar-refractivity contribution in [1.29, 1.82) is 5.26 Å². The van der Waals surface area contributed by atoms with Gasteiger partial charge in [-0.3, -0.25) is 4.79 Å². The minimum Gasteiger partial charge on any atom is -0.294 e. The molecular formula is C17H16F3NOS. The molecule has 0 amide bonds. The minimum atomic E-state index is -4.63. The second kappa shape index (κ2) is 6.20. The van der Waals surface area contributed by atoms with Crippen LogP contribution in [0.15, 0.2) is 18.2 Å². The molecule has 0 N–H and O–H groups in total. The number of carbonyl (C=O) groups excluding carboxylic acids is 1. The van der Waals surface area contributed by atoms with E-state index in [0.29, 0.717) is 23.3 Å². The molecule has 2 bridgehead atoms. The minimum absolute atomic E-state index is 0.0788. The molecule has 2 nitrogen and oxygen atoms in total. The van der Waals surface area contributed by atoms with Crippen molar-refractivity contribution < 1.29 is 18.0 Å². The van der Waals surface area contributed by atoms with Crippen molar-refractivity contribution in [2.24, 2.45) is 5.92 Å². The number of alkyl halides is 3. The summed E-state index contributed by atoms with van der Waals surface area (Å²) < 4.78 is 39.8. The van der Waals surface area contributed by atoms with E-state index in [9.17, 15) is 18.0 Å². The molecule has 2 saturated heterocycles. The lowest BCUT2D eigenvalue weighted by molar-refractivity contribution is -0.138. The first-order valence-electron chi connectivity index (χ1n) is 7.69. The van der Waals surface area contributed by atoms with Crippen LogP contribution in [0.5, 0.6) is 0 Å². The largest absolute Gasteiger partial charge is 0.417 e. The fourth-order valence-electron chi connectivity index (χ4n) is 3.56. The number of hydrogen-bond acceptors (Lipinski definition) is 3. The molecule has 1 aromatic rings. The maximum absolute atomic E-state index is 13.3. The Kier molecular flexibility index (Phi) is 4.41. The molecule has 2 unspecified atom stereocenters. The maximum atomic E-state index is 13.3. The first-order chi connectivity index (χ1) is 10.9. The summed E-state index contributed by atoms with van der Waals surface area (Å²) in [7, 11) is 0. The smallest absolute Gasteiger partial charge is 0.294 e. The van der Waals surface area contributed by atoms with Crippen molar-refractivity contribution in [3.63, 3.8) is 0 Å². The van der Waals surface area contributed by atoms with Crippen LogP contribution in [0.4, 0.5) is 13.2 Å². The summed E-state index contributed by atoms with van der Waals surface area (Å²) in [6, 6.07) is 4.95. The predicted octanol–water partition coefficient (Wildman–Crippen LogP) is 4.82. The van der Waals surface area contributed by atoms with Gasteiger partial charge in [0.1, 0.15) is 0 Å². The normalized spacial score (nSPS) is 27.3. The third-order valence-corrected chi connectivity index (χ3v) is 6.25. The summed E-state index contributed by atoms with van der Waals surface area (Å²) in [6.45, 7) is 0. The van der Waals surface area contributed by atoms with E-state index in [0.717, 1.165) is 25.3 Å². The summed E-state index contributed by atoms with van der Waals surface area (Å²) in [4.78, 5) is 12.7. The molecule has 3 rings (SSSR count). The van der Waals surface area contributed by atoms with E-state index in [4.69, 9.17) is 5.26 Å². The van der Waals surface area contributed by atoms with Gasteiger partial charge in [-0.05, 0) is 43.9 Å². The van der Waals surface area contributed by atoms with Crippen molar-refractivity contribution in [2.75, 3.05) is 0 Å². The highest BCUT2D eigenvalue weighted by Crippen LogP contribution is 2.45. The van der Waals surface area contributed by atoms with Crippen LogP contribution in [0.1, 0.15) is 53.6 Å². The van der Waals surface area contributed by atoms with Crippen LogP contribution in [0, 0.1) is 17.2 Å². The van der Waals surface area contributed by atoms with Gasteiger partial charge in [-0.2, -0.15) is 30.2 Å². The highest BCUT2D eigenvalue weighted by molar-refractivity contribution is 8.00. The number of halogens is 3. The molecule has 2 aliphatic heterocycles. The third kappa shape index (κ3) is 3.40. The molecule has 0 radical (unpaired) electrons. The summed E-state index contributed by atoms with van der Waals surface area (Å²) in [6.07, 6.45) is -0.0610. The van der Waals surface area contributed by atoms with Crippen LogP contribution in [0.25, 0.3) is 0 Å². The Labute approximate surface area is 137 Å². The SMILES string of the molecule is N#Cc1ccc(C(=O)C2CC3CCCC(C2)S3)c(C(F)(F)F)c1. The standard InChI is InChI=1S/C17H16F3NOS/c18-17(19,20)15-6-10(9-21)4-5-14(15)16(22)11-7-12-2-1-3-13(8-11)23-12/h4-6,11-13H,1-3,7-8H2. The van der Waals surface area contributed by atoms with Gasteiger partial charge in [-0.25, -0.2) is 0 Å². The van der Waals surface area contributed by atoms with Gasteiger partial charge < -0.3 is 0 Å². The van der Waals surface area contributed by atoms with E-state index in [1.807, 2.05) is 11.8 Å². The summed E-state index contributed by atoms with van der Waals surface area (Å²) in [5, 5.41) is 9.60. The average Bonchev–Trinajstić information content (AvgIpc) is 2.52. The zero-order valence-electron chi connectivity index (χ0n) is 12.4. The molecule has 6 heteroatoms. The molecule has 2 fully saturated rings. The Morgan fingerprint density at radius 2 is 1.87 bits per heavy atom. The fourth-order valence-corrected chi connectivity index (χ4v) is 5.39. The molecule has 0 saturated carbocycles. The van der Waals surface area contributed by atoms with Crippen LogP contribution in [-0.4, -0.2) is 16.3 Å². The van der Waals surface area contributed by atoms with Gasteiger partial charge in [0.15, 0.2) is 5.78 Å². The van der Waals surface area contributed by atoms with E-state index in [1.165, 1.54) is 12.1 Å². The molecule has 2 atom stereocenters. The van der Waals surface area contributed by atoms with Crippen molar-refractivity contribution in [3.8, 4) is 6.07 Å². The van der Waals surface area contributed by atoms with Crippen LogP contribution in [0.2, 0.25) is 0 Å². The number of carbonyl (C=O) groups is 1. The van der Waals surface area contributed by atoms with Gasteiger partial charge in [0.05, 0.1) is 17.2 Å². The monoisotopic (exact) mass is 339 g/mol. The van der Waals surface area contributed by atoms with Crippen LogP contribution >= 0.6 is 11.8 Å². The molecule has 122 valence electrons. The molecule has 0 aromatic heterocycles. The number of nitrogens with zero attached hydrogens (tertiary/aromatic N) is 1. The predicted molar refractivity (Wildman–Crippen MR) is 82.2 cm³/mol. The number of benzene rings is 1. The number of hydrogen-bond donors (Lipinski definition) is 0. The van der Waals surface area contributed by atoms with E-state index < -0.39 is 17.5 Å². The zero-order valence-corrected chi connectivity index (χ0v) is 13.2. The van der Waals surface area contributed by atoms with Crippen molar-refractivity contribution >= 4 is 17.5 Å². The van der Waals surface area contributed by atoms with Crippen molar-refractivity contribution in [3.05, 3.63) is 34.9 Å². The first-order valence-corrected chi connectivity index (χ1v) is 8.64. The van der Waals surface area contributed by atoms with Gasteiger partial charge in [-0.1, -0.05) is 6.42 Å². The maximum Gasteiger partial charge on any atom is 0.417 e. The zero-order chi connectivity index (χ0) is 16.6. The Hall–Kier alpha value is -1.48. The summed E-state index contributed by atoms with van der Waals surface area (Å²) in [5.74, 6) is -0.750. The van der Waals surface area contributed by atoms with E-state index in [-0.39, 0.29) is 17.0 Å². The highest BCUT2D eigenvalue weighted by atomic mass is 32.2. The van der Waals surface area contributed by atoms with Crippen molar-refractivity contribution in [2.45, 2.75) is 48.8 Å². The van der Waals surface area contributed by atoms with E-state index >= 15 is 0 Å². The van der Waals surface area contributed by atoms with Gasteiger partial charge in [0.25, 0.3) is 0 Å². The van der Waals surface area contributed by atoms with Gasteiger partial charge in [0, 0.05) is 22.0 Å². The summed E-state index contributed by atoms with van der Waals surface area (Å²) >= 11 is 1.89. The third-order valence-electron chi connectivity index (χ3n) is 4.62. The lowest BCUT2D eigenvalue weighted by Crippen LogP contribution is -2.33. The Morgan fingerprint density at radius 3 is 2.43 bits per heavy atom. The molecule has 1 aromatic carbocycles. The molecule has 23 heavy (non-hydrogen) atoms. The molecule has 2 heterocycles. The number of Topliss-reactive ketones (excluding diaryl/α,β-unsaturated/α-hetero) is 1. The molecular weight excluding hydrogens is 323 g/mol. The van der Waals surface area contributed by atoms with E-state index in [1.54, 1.807) is 6.07 Å². The lowest BCUT2D eigenvalue weighted by atomic mass is 9.83. The van der Waals surface area contributed by atoms with Crippen LogP contribution in [-0.2, 0) is 6.18 Å². The number of rotatable bonds is 2. The Balaban J connectivity index is 1.92. The fraction of sp³-hybridized carbons (Fsp3) is 0.529. The quantitative estimate of drug-likeness (QED) is 0.725. The van der Waals surface area contributed by atoms with Gasteiger partial charge >= 0.3 is 6.18 Å². The number of fused-ring (bicyclic) bond motifs is 2. The number of thioether (sulfide) groups is 1. The topological polar surface area (TPSA) is 40.9 Å². The Bertz CT molecular complexity index is 653. The number of ketones is 1. The van der Waals surface area contributed by atoms with Crippen LogP contribution < -0.4 is 0 Å². The number of nitriles is 1. The first kappa shape index (κ1) is 16.4. The molecule has 0 aliphatic carbocycles. The second-order valence-corrected chi connectivity index (χ2v) is 7.82. The van der Waals surface area contributed by atoms with Gasteiger partial charge in [0.2, 0.25) is 0 Å².